The number of aliphatic hydroxyl groups excluding tert-OH is 1. The van der Waals surface area contributed by atoms with E-state index >= 15 is 0 Å². The molecule has 0 aromatic carbocycles. The number of hydrogen-bond donors (Lipinski definition) is 1. The van der Waals surface area contributed by atoms with Gasteiger partial charge in [-0.2, -0.15) is 5.10 Å². The van der Waals surface area contributed by atoms with Gasteiger partial charge in [0.2, 0.25) is 5.78 Å². The SMILES string of the molecule is Cn1ncc(B2OC(C)(C)C(C)(C)O2)c1C(=O)CO. The Morgan fingerprint density at radius 2 is 1.89 bits per heavy atom. The minimum Gasteiger partial charge on any atom is -0.399 e. The second-order valence-electron chi connectivity index (χ2n) is 5.74. The van der Waals surface area contributed by atoms with Gasteiger partial charge in [-0.3, -0.25) is 9.48 Å². The first-order valence-corrected chi connectivity index (χ1v) is 6.21. The Morgan fingerprint density at radius 1 is 1.37 bits per heavy atom. The first-order valence-electron chi connectivity index (χ1n) is 6.21. The molecule has 0 amide bonds. The van der Waals surface area contributed by atoms with Gasteiger partial charge in [0, 0.05) is 18.7 Å². The van der Waals surface area contributed by atoms with E-state index in [1.54, 1.807) is 13.2 Å². The van der Waals surface area contributed by atoms with Crippen molar-refractivity contribution >= 4 is 18.4 Å². The van der Waals surface area contributed by atoms with Gasteiger partial charge in [0.25, 0.3) is 0 Å². The maximum atomic E-state index is 11.8. The van der Waals surface area contributed by atoms with E-state index in [2.05, 4.69) is 5.10 Å². The summed E-state index contributed by atoms with van der Waals surface area (Å²) in [5.74, 6) is -0.398. The summed E-state index contributed by atoms with van der Waals surface area (Å²) in [6.07, 6.45) is 1.55. The van der Waals surface area contributed by atoms with Crippen molar-refractivity contribution in [3.63, 3.8) is 0 Å². The molecule has 1 fully saturated rings. The zero-order chi connectivity index (χ0) is 14.4. The van der Waals surface area contributed by atoms with Crippen LogP contribution in [-0.2, 0) is 16.4 Å². The molecule has 7 heteroatoms. The third-order valence-electron chi connectivity index (χ3n) is 3.88. The van der Waals surface area contributed by atoms with Gasteiger partial charge in [0.1, 0.15) is 12.3 Å². The van der Waals surface area contributed by atoms with Gasteiger partial charge in [0.15, 0.2) is 0 Å². The molecule has 2 rings (SSSR count). The van der Waals surface area contributed by atoms with E-state index < -0.39 is 30.7 Å². The molecule has 0 spiro atoms. The highest BCUT2D eigenvalue weighted by atomic mass is 16.7. The second kappa shape index (κ2) is 4.43. The maximum absolute atomic E-state index is 11.8. The molecule has 104 valence electrons. The van der Waals surface area contributed by atoms with Crippen LogP contribution in [0, 0.1) is 0 Å². The van der Waals surface area contributed by atoms with Crippen LogP contribution >= 0.6 is 0 Å². The van der Waals surface area contributed by atoms with Crippen molar-refractivity contribution in [3.05, 3.63) is 11.9 Å². The highest BCUT2D eigenvalue weighted by Crippen LogP contribution is 2.36. The van der Waals surface area contributed by atoms with Crippen LogP contribution in [0.1, 0.15) is 38.2 Å². The van der Waals surface area contributed by atoms with Crippen LogP contribution in [-0.4, -0.2) is 45.6 Å². The molecule has 1 aromatic rings. The molecule has 19 heavy (non-hydrogen) atoms. The Labute approximate surface area is 112 Å². The van der Waals surface area contributed by atoms with Crippen molar-refractivity contribution in [3.8, 4) is 0 Å². The van der Waals surface area contributed by atoms with Gasteiger partial charge >= 0.3 is 7.12 Å². The third-order valence-corrected chi connectivity index (χ3v) is 3.88. The number of rotatable bonds is 3. The molecule has 1 aliphatic heterocycles. The summed E-state index contributed by atoms with van der Waals surface area (Å²) in [5, 5.41) is 13.1. The van der Waals surface area contributed by atoms with Gasteiger partial charge in [0.05, 0.1) is 11.2 Å². The largest absolute Gasteiger partial charge is 0.498 e. The highest BCUT2D eigenvalue weighted by molar-refractivity contribution is 6.63. The standard InChI is InChI=1S/C12H19BN2O4/c1-11(2)12(3,4)19-13(18-11)8-6-14-15(5)10(8)9(17)7-16/h6,16H,7H2,1-5H3. The number of carbonyl (C=O) groups excluding carboxylic acids is 1. The Balaban J connectivity index is 2.38. The van der Waals surface area contributed by atoms with Crippen molar-refractivity contribution in [2.24, 2.45) is 7.05 Å². The van der Waals surface area contributed by atoms with Crippen LogP contribution in [0.4, 0.5) is 0 Å². The summed E-state index contributed by atoms with van der Waals surface area (Å²) in [6, 6.07) is 0. The number of carbonyl (C=O) groups is 1. The fourth-order valence-electron chi connectivity index (χ4n) is 2.01. The lowest BCUT2D eigenvalue weighted by Gasteiger charge is -2.32. The molecule has 0 bridgehead atoms. The minimum absolute atomic E-state index is 0.320. The number of nitrogens with zero attached hydrogens (tertiary/aromatic N) is 2. The zero-order valence-corrected chi connectivity index (χ0v) is 11.9. The average molecular weight is 266 g/mol. The monoisotopic (exact) mass is 266 g/mol. The van der Waals surface area contributed by atoms with E-state index in [-0.39, 0.29) is 0 Å². The van der Waals surface area contributed by atoms with E-state index in [9.17, 15) is 4.79 Å². The summed E-state index contributed by atoms with van der Waals surface area (Å²) in [6.45, 7) is 7.20. The van der Waals surface area contributed by atoms with Gasteiger partial charge < -0.3 is 14.4 Å². The van der Waals surface area contributed by atoms with Crippen LogP contribution in [0.15, 0.2) is 6.20 Å². The molecule has 0 saturated carbocycles. The first-order chi connectivity index (χ1) is 8.69. The summed E-state index contributed by atoms with van der Waals surface area (Å²) < 4.78 is 13.2. The van der Waals surface area contributed by atoms with Crippen molar-refractivity contribution in [1.29, 1.82) is 0 Å². The number of ketones is 1. The summed E-state index contributed by atoms with van der Waals surface area (Å²) in [4.78, 5) is 11.8. The van der Waals surface area contributed by atoms with Crippen molar-refractivity contribution in [2.45, 2.75) is 38.9 Å². The topological polar surface area (TPSA) is 73.6 Å². The predicted octanol–water partition coefficient (Wildman–Crippen LogP) is -0.106. The lowest BCUT2D eigenvalue weighted by Crippen LogP contribution is -2.41. The molecule has 0 unspecified atom stereocenters. The lowest BCUT2D eigenvalue weighted by molar-refractivity contribution is 0.00578. The quantitative estimate of drug-likeness (QED) is 0.610. The maximum Gasteiger partial charge on any atom is 0.498 e. The van der Waals surface area contributed by atoms with E-state index in [0.717, 1.165) is 0 Å². The van der Waals surface area contributed by atoms with E-state index in [0.29, 0.717) is 11.2 Å². The van der Waals surface area contributed by atoms with Crippen LogP contribution in [0.5, 0.6) is 0 Å². The molecular weight excluding hydrogens is 247 g/mol. The van der Waals surface area contributed by atoms with Crippen molar-refractivity contribution in [1.82, 2.24) is 9.78 Å². The van der Waals surface area contributed by atoms with Gasteiger partial charge in [-0.25, -0.2) is 0 Å². The number of aryl methyl sites for hydroxylation is 1. The number of aliphatic hydroxyl groups is 1. The molecular formula is C12H19BN2O4. The molecule has 0 atom stereocenters. The van der Waals surface area contributed by atoms with E-state index in [1.165, 1.54) is 4.68 Å². The van der Waals surface area contributed by atoms with Gasteiger partial charge in [-0.05, 0) is 27.7 Å². The summed E-state index contributed by atoms with van der Waals surface area (Å²) >= 11 is 0. The predicted molar refractivity (Wildman–Crippen MR) is 70.3 cm³/mol. The van der Waals surface area contributed by atoms with Crippen molar-refractivity contribution < 1.29 is 19.2 Å². The average Bonchev–Trinajstić information content (AvgIpc) is 2.77. The second-order valence-corrected chi connectivity index (χ2v) is 5.74. The van der Waals surface area contributed by atoms with Crippen LogP contribution in [0.2, 0.25) is 0 Å². The Morgan fingerprint density at radius 3 is 2.37 bits per heavy atom. The third kappa shape index (κ3) is 2.22. The smallest absolute Gasteiger partial charge is 0.399 e. The van der Waals surface area contributed by atoms with Crippen LogP contribution < -0.4 is 5.46 Å². The Kier molecular flexibility index (Phi) is 3.32. The minimum atomic E-state index is -0.649. The molecule has 1 aliphatic rings. The molecule has 6 nitrogen and oxygen atoms in total. The first kappa shape index (κ1) is 14.2. The summed E-state index contributed by atoms with van der Waals surface area (Å²) in [5.41, 5.74) is -0.0821. The Hall–Kier alpha value is -1.18. The molecule has 2 heterocycles. The van der Waals surface area contributed by atoms with E-state index in [1.807, 2.05) is 27.7 Å². The normalized spacial score (nSPS) is 20.8. The van der Waals surface area contributed by atoms with Crippen molar-refractivity contribution in [2.75, 3.05) is 6.61 Å². The van der Waals surface area contributed by atoms with Gasteiger partial charge in [-0.1, -0.05) is 0 Å². The van der Waals surface area contributed by atoms with Gasteiger partial charge in [-0.15, -0.1) is 0 Å². The van der Waals surface area contributed by atoms with E-state index in [4.69, 9.17) is 14.4 Å². The lowest BCUT2D eigenvalue weighted by atomic mass is 9.78. The molecule has 0 radical (unpaired) electrons. The highest BCUT2D eigenvalue weighted by Gasteiger charge is 2.53. The van der Waals surface area contributed by atoms with Crippen LogP contribution in [0.25, 0.3) is 0 Å². The molecule has 1 aromatic heterocycles. The molecule has 1 saturated heterocycles. The molecule has 0 aliphatic carbocycles. The molecule has 1 N–H and O–H groups in total. The summed E-state index contributed by atoms with van der Waals surface area (Å²) in [7, 11) is 1.00. The number of aromatic nitrogens is 2. The number of Topliss-reactive ketones (excluding diaryl/α,β-unsaturated/α-hetero) is 1. The Bertz CT molecular complexity index is 494. The zero-order valence-electron chi connectivity index (χ0n) is 11.9. The van der Waals surface area contributed by atoms with Crippen LogP contribution in [0.3, 0.4) is 0 Å². The number of hydrogen-bond acceptors (Lipinski definition) is 5. The fraction of sp³-hybridized carbons (Fsp3) is 0.667. The fourth-order valence-corrected chi connectivity index (χ4v) is 2.01.